The molecule has 0 bridgehead atoms. The van der Waals surface area contributed by atoms with Crippen LogP contribution >= 0.6 is 0 Å². The number of rotatable bonds is 4. The summed E-state index contributed by atoms with van der Waals surface area (Å²) < 4.78 is 7.86. The Bertz CT molecular complexity index is 3070. The molecule has 0 N–H and O–H groups in total. The topological polar surface area (TPSA) is 9.86 Å². The second-order valence-corrected chi connectivity index (χ2v) is 15.5. The maximum absolute atomic E-state index is 2.53. The molecule has 11 rings (SSSR count). The number of aromatic nitrogens is 2. The van der Waals surface area contributed by atoms with Crippen LogP contribution in [-0.4, -0.2) is 23.6 Å². The number of benzene rings is 8. The van der Waals surface area contributed by atoms with Crippen LogP contribution in [0.1, 0.15) is 0 Å². The van der Waals surface area contributed by atoms with Crippen molar-refractivity contribution < 1.29 is 0 Å². The van der Waals surface area contributed by atoms with Crippen LogP contribution in [0.15, 0.2) is 182 Å². The van der Waals surface area contributed by atoms with Gasteiger partial charge in [0.05, 0.1) is 0 Å². The summed E-state index contributed by atoms with van der Waals surface area (Å²) in [5.41, 5.74) is 12.4. The van der Waals surface area contributed by atoms with Gasteiger partial charge in [0.2, 0.25) is 0 Å². The van der Waals surface area contributed by atoms with Crippen LogP contribution in [0, 0.1) is 0 Å². The number of hydrogen-bond donors (Lipinski definition) is 0. The first-order valence-electron chi connectivity index (χ1n) is 17.4. The summed E-state index contributed by atoms with van der Waals surface area (Å²) in [4.78, 5) is 0. The van der Waals surface area contributed by atoms with Gasteiger partial charge in [-0.3, -0.25) is 0 Å². The molecule has 2 nitrogen and oxygen atoms in total. The van der Waals surface area contributed by atoms with E-state index < -0.39 is 0 Å². The molecule has 11 aromatic rings. The third kappa shape index (κ3) is 4.29. The molecular formula is C48H30N2Se. The number of fused-ring (bicyclic) bond motifs is 9. The summed E-state index contributed by atoms with van der Waals surface area (Å²) in [5, 5.41) is 7.80. The van der Waals surface area contributed by atoms with Gasteiger partial charge in [-0.1, -0.05) is 0 Å². The molecule has 8 aromatic carbocycles. The fourth-order valence-corrected chi connectivity index (χ4v) is 10.9. The van der Waals surface area contributed by atoms with Crippen LogP contribution < -0.4 is 0 Å². The zero-order valence-electron chi connectivity index (χ0n) is 27.6. The van der Waals surface area contributed by atoms with Gasteiger partial charge in [-0.2, -0.15) is 0 Å². The molecular weight excluding hydrogens is 684 g/mol. The van der Waals surface area contributed by atoms with Crippen LogP contribution in [0.25, 0.3) is 96.5 Å². The summed E-state index contributed by atoms with van der Waals surface area (Å²) in [6.45, 7) is 0. The second kappa shape index (κ2) is 11.2. The Morgan fingerprint density at radius 1 is 0.353 bits per heavy atom. The maximum atomic E-state index is 2.53. The van der Waals surface area contributed by atoms with Gasteiger partial charge < -0.3 is 0 Å². The van der Waals surface area contributed by atoms with Gasteiger partial charge in [-0.25, -0.2) is 0 Å². The molecule has 51 heavy (non-hydrogen) atoms. The van der Waals surface area contributed by atoms with Crippen molar-refractivity contribution in [2.75, 3.05) is 0 Å². The third-order valence-corrected chi connectivity index (χ3v) is 13.1. The fourth-order valence-electron chi connectivity index (χ4n) is 8.26. The molecule has 3 heterocycles. The number of hydrogen-bond acceptors (Lipinski definition) is 0. The summed E-state index contributed by atoms with van der Waals surface area (Å²) in [6.07, 6.45) is 0. The van der Waals surface area contributed by atoms with E-state index in [1.165, 1.54) is 96.5 Å². The Hall–Kier alpha value is -6.12. The second-order valence-electron chi connectivity index (χ2n) is 13.3. The Balaban J connectivity index is 1.19. The molecule has 0 aliphatic carbocycles. The molecule has 0 saturated heterocycles. The molecule has 0 aliphatic heterocycles. The zero-order valence-corrected chi connectivity index (χ0v) is 29.3. The monoisotopic (exact) mass is 714 g/mol. The van der Waals surface area contributed by atoms with Crippen LogP contribution in [0.5, 0.6) is 0 Å². The molecule has 0 spiro atoms. The van der Waals surface area contributed by atoms with E-state index in [9.17, 15) is 0 Å². The van der Waals surface area contributed by atoms with Gasteiger partial charge >= 0.3 is 302 Å². The van der Waals surface area contributed by atoms with E-state index in [1.54, 1.807) is 0 Å². The van der Waals surface area contributed by atoms with E-state index >= 15 is 0 Å². The SMILES string of the molecule is c1ccc(-c2ccc(-c3ccc(-n4c5ccccc5c5ccc(-n6c7ccccc7c7ccccc76)cc54)c4c3[se]c3ccccc34)cc2)cc1. The fraction of sp³-hybridized carbons (Fsp3) is 0. The molecule has 0 fully saturated rings. The van der Waals surface area contributed by atoms with Crippen LogP contribution in [0.4, 0.5) is 0 Å². The van der Waals surface area contributed by atoms with Gasteiger partial charge in [0.25, 0.3) is 0 Å². The van der Waals surface area contributed by atoms with Crippen molar-refractivity contribution in [1.29, 1.82) is 0 Å². The van der Waals surface area contributed by atoms with Crippen molar-refractivity contribution in [3.05, 3.63) is 182 Å². The molecule has 0 unspecified atom stereocenters. The first-order valence-corrected chi connectivity index (χ1v) is 19.2. The van der Waals surface area contributed by atoms with Crippen molar-refractivity contribution in [2.45, 2.75) is 0 Å². The summed E-state index contributed by atoms with van der Waals surface area (Å²) in [5.74, 6) is 0. The molecule has 3 aromatic heterocycles. The average Bonchev–Trinajstić information content (AvgIpc) is 3.86. The van der Waals surface area contributed by atoms with Crippen molar-refractivity contribution >= 4 is 77.4 Å². The zero-order chi connectivity index (χ0) is 33.5. The Kier molecular flexibility index (Phi) is 6.30. The van der Waals surface area contributed by atoms with E-state index in [4.69, 9.17) is 0 Å². The molecule has 0 amide bonds. The number of nitrogens with zero attached hydrogens (tertiary/aromatic N) is 2. The van der Waals surface area contributed by atoms with Crippen molar-refractivity contribution in [2.24, 2.45) is 0 Å². The third-order valence-electron chi connectivity index (χ3n) is 10.5. The van der Waals surface area contributed by atoms with Crippen molar-refractivity contribution in [3.63, 3.8) is 0 Å². The van der Waals surface area contributed by atoms with E-state index in [2.05, 4.69) is 191 Å². The first kappa shape index (κ1) is 28.7. The Morgan fingerprint density at radius 3 is 1.57 bits per heavy atom. The molecule has 0 aliphatic rings. The summed E-state index contributed by atoms with van der Waals surface area (Å²) in [7, 11) is 0. The standard InChI is InChI=1S/C48H30N2Se/c1-2-12-31(13-3-1)32-22-24-33(25-23-32)35-28-29-44(47-40-17-7-11-21-46(40)51-48(35)47)50-43-20-10-6-16-38(43)39-27-26-34(30-45(39)50)49-41-18-8-4-14-36(41)37-15-5-9-19-42(37)49/h1-30H. The predicted molar refractivity (Wildman–Crippen MR) is 218 cm³/mol. The Labute approximate surface area is 300 Å². The average molecular weight is 714 g/mol. The van der Waals surface area contributed by atoms with Gasteiger partial charge in [-0.15, -0.1) is 0 Å². The van der Waals surface area contributed by atoms with E-state index in [0.29, 0.717) is 0 Å². The van der Waals surface area contributed by atoms with Crippen LogP contribution in [-0.2, 0) is 0 Å². The van der Waals surface area contributed by atoms with Gasteiger partial charge in [0, 0.05) is 0 Å². The van der Waals surface area contributed by atoms with E-state index in [0.717, 1.165) is 0 Å². The van der Waals surface area contributed by atoms with E-state index in [-0.39, 0.29) is 14.5 Å². The first-order chi connectivity index (χ1) is 25.3. The molecule has 238 valence electrons. The van der Waals surface area contributed by atoms with E-state index in [1.807, 2.05) is 0 Å². The van der Waals surface area contributed by atoms with Gasteiger partial charge in [0.15, 0.2) is 0 Å². The van der Waals surface area contributed by atoms with Crippen molar-refractivity contribution in [1.82, 2.24) is 9.13 Å². The Morgan fingerprint density at radius 2 is 0.882 bits per heavy atom. The molecule has 3 heteroatoms. The van der Waals surface area contributed by atoms with Gasteiger partial charge in [0.1, 0.15) is 0 Å². The predicted octanol–water partition coefficient (Wildman–Crippen LogP) is 12.6. The van der Waals surface area contributed by atoms with Gasteiger partial charge in [-0.05, 0) is 0 Å². The van der Waals surface area contributed by atoms with Crippen LogP contribution in [0.2, 0.25) is 0 Å². The van der Waals surface area contributed by atoms with Crippen molar-refractivity contribution in [3.8, 4) is 33.6 Å². The summed E-state index contributed by atoms with van der Waals surface area (Å²) >= 11 is 0.183. The summed E-state index contributed by atoms with van der Waals surface area (Å²) in [6, 6.07) is 67.0. The minimum atomic E-state index is 0.183. The normalized spacial score (nSPS) is 11.9. The molecule has 0 radical (unpaired) electrons. The number of para-hydroxylation sites is 3. The van der Waals surface area contributed by atoms with Crippen LogP contribution in [0.3, 0.4) is 0 Å². The molecule has 0 saturated carbocycles. The quantitative estimate of drug-likeness (QED) is 0.161. The minimum absolute atomic E-state index is 0.183. The molecule has 0 atom stereocenters.